The molecule has 0 bridgehead atoms. The van der Waals surface area contributed by atoms with Crippen molar-refractivity contribution in [2.45, 2.75) is 45.1 Å². The van der Waals surface area contributed by atoms with Gasteiger partial charge in [0.2, 0.25) is 0 Å². The second kappa shape index (κ2) is 8.09. The third kappa shape index (κ3) is 3.39. The maximum Gasteiger partial charge on any atom is 0.118 e. The van der Waals surface area contributed by atoms with Gasteiger partial charge in [-0.1, -0.05) is 19.8 Å². The normalized spacial score (nSPS) is 14.4. The standard InChI is InChI=1S/C24H28N2O2/c1-4-22-23(17-9-13-20(27-2)14-10-17)25-26(19-7-5-6-8-19)24(22)18-11-15-21(28-3)16-12-18/h9-16,19H,4-8H2,1-3H3. The molecule has 0 radical (unpaired) electrons. The van der Waals surface area contributed by atoms with Crippen molar-refractivity contribution < 1.29 is 9.47 Å². The van der Waals surface area contributed by atoms with E-state index >= 15 is 0 Å². The van der Waals surface area contributed by atoms with E-state index in [1.54, 1.807) is 14.2 Å². The molecule has 4 heteroatoms. The predicted molar refractivity (Wildman–Crippen MR) is 113 cm³/mol. The molecule has 0 atom stereocenters. The number of hydrogen-bond acceptors (Lipinski definition) is 3. The molecule has 1 aromatic heterocycles. The lowest BCUT2D eigenvalue weighted by atomic mass is 9.99. The van der Waals surface area contributed by atoms with Crippen molar-refractivity contribution in [2.75, 3.05) is 14.2 Å². The third-order valence-electron chi connectivity index (χ3n) is 5.76. The molecule has 1 aliphatic carbocycles. The van der Waals surface area contributed by atoms with Crippen molar-refractivity contribution in [2.24, 2.45) is 0 Å². The smallest absolute Gasteiger partial charge is 0.118 e. The molecule has 0 N–H and O–H groups in total. The van der Waals surface area contributed by atoms with E-state index in [0.29, 0.717) is 6.04 Å². The summed E-state index contributed by atoms with van der Waals surface area (Å²) < 4.78 is 13.0. The number of hydrogen-bond donors (Lipinski definition) is 0. The molecule has 0 saturated heterocycles. The summed E-state index contributed by atoms with van der Waals surface area (Å²) in [5.41, 5.74) is 5.99. The molecule has 0 amide bonds. The van der Waals surface area contributed by atoms with Crippen LogP contribution in [-0.4, -0.2) is 24.0 Å². The van der Waals surface area contributed by atoms with Crippen LogP contribution in [0.1, 0.15) is 44.2 Å². The van der Waals surface area contributed by atoms with Gasteiger partial charge in [-0.25, -0.2) is 0 Å². The summed E-state index contributed by atoms with van der Waals surface area (Å²) in [4.78, 5) is 0. The molecule has 2 aromatic carbocycles. The average Bonchev–Trinajstić information content (AvgIpc) is 3.41. The minimum atomic E-state index is 0.481. The van der Waals surface area contributed by atoms with Gasteiger partial charge in [0.15, 0.2) is 0 Å². The van der Waals surface area contributed by atoms with Gasteiger partial charge in [-0.3, -0.25) is 4.68 Å². The molecule has 1 saturated carbocycles. The first kappa shape index (κ1) is 18.6. The molecule has 1 heterocycles. The van der Waals surface area contributed by atoms with Gasteiger partial charge >= 0.3 is 0 Å². The minimum Gasteiger partial charge on any atom is -0.497 e. The molecule has 4 rings (SSSR count). The van der Waals surface area contributed by atoms with Gasteiger partial charge in [-0.15, -0.1) is 0 Å². The van der Waals surface area contributed by atoms with E-state index in [4.69, 9.17) is 14.6 Å². The van der Waals surface area contributed by atoms with Crippen LogP contribution in [0.4, 0.5) is 0 Å². The number of benzene rings is 2. The summed E-state index contributed by atoms with van der Waals surface area (Å²) in [5, 5.41) is 5.15. The lowest BCUT2D eigenvalue weighted by Gasteiger charge is -2.15. The summed E-state index contributed by atoms with van der Waals surface area (Å²) in [7, 11) is 3.40. The first-order chi connectivity index (χ1) is 13.7. The average molecular weight is 377 g/mol. The topological polar surface area (TPSA) is 36.3 Å². The summed E-state index contributed by atoms with van der Waals surface area (Å²) in [5.74, 6) is 1.75. The van der Waals surface area contributed by atoms with Crippen LogP contribution in [-0.2, 0) is 6.42 Å². The van der Waals surface area contributed by atoms with Crippen LogP contribution in [0.2, 0.25) is 0 Å². The summed E-state index contributed by atoms with van der Waals surface area (Å²) in [6.07, 6.45) is 5.92. The zero-order chi connectivity index (χ0) is 19.5. The van der Waals surface area contributed by atoms with Crippen molar-refractivity contribution in [1.29, 1.82) is 0 Å². The molecule has 0 unspecified atom stereocenters. The molecule has 1 fully saturated rings. The maximum absolute atomic E-state index is 5.35. The van der Waals surface area contributed by atoms with E-state index in [1.807, 2.05) is 24.3 Å². The van der Waals surface area contributed by atoms with Crippen molar-refractivity contribution >= 4 is 0 Å². The van der Waals surface area contributed by atoms with Crippen LogP contribution in [0, 0.1) is 0 Å². The van der Waals surface area contributed by atoms with Crippen molar-refractivity contribution in [3.8, 4) is 34.0 Å². The van der Waals surface area contributed by atoms with Crippen LogP contribution in [0.5, 0.6) is 11.5 Å². The molecular formula is C24H28N2O2. The van der Waals surface area contributed by atoms with E-state index in [0.717, 1.165) is 29.2 Å². The fraction of sp³-hybridized carbons (Fsp3) is 0.375. The Morgan fingerprint density at radius 2 is 1.39 bits per heavy atom. The van der Waals surface area contributed by atoms with Gasteiger partial charge in [0.25, 0.3) is 0 Å². The Balaban J connectivity index is 1.87. The molecule has 4 nitrogen and oxygen atoms in total. The Bertz CT molecular complexity index is 920. The number of rotatable bonds is 6. The lowest BCUT2D eigenvalue weighted by Crippen LogP contribution is -2.08. The number of nitrogens with zero attached hydrogens (tertiary/aromatic N) is 2. The Kier molecular flexibility index (Phi) is 5.38. The molecule has 3 aromatic rings. The van der Waals surface area contributed by atoms with Gasteiger partial charge in [0, 0.05) is 16.7 Å². The highest BCUT2D eigenvalue weighted by Gasteiger charge is 2.26. The first-order valence-corrected chi connectivity index (χ1v) is 10.2. The van der Waals surface area contributed by atoms with Gasteiger partial charge < -0.3 is 9.47 Å². The Morgan fingerprint density at radius 3 is 1.89 bits per heavy atom. The fourth-order valence-electron chi connectivity index (χ4n) is 4.25. The number of aromatic nitrogens is 2. The first-order valence-electron chi connectivity index (χ1n) is 10.2. The van der Waals surface area contributed by atoms with Gasteiger partial charge in [0.05, 0.1) is 31.6 Å². The zero-order valence-corrected chi connectivity index (χ0v) is 16.9. The van der Waals surface area contributed by atoms with Crippen LogP contribution in [0.3, 0.4) is 0 Å². The van der Waals surface area contributed by atoms with Crippen molar-refractivity contribution in [3.63, 3.8) is 0 Å². The summed E-state index contributed by atoms with van der Waals surface area (Å²) in [6, 6.07) is 17.1. The van der Waals surface area contributed by atoms with E-state index in [1.165, 1.54) is 42.5 Å². The molecule has 0 aliphatic heterocycles. The highest BCUT2D eigenvalue weighted by molar-refractivity contribution is 5.75. The highest BCUT2D eigenvalue weighted by Crippen LogP contribution is 2.39. The summed E-state index contributed by atoms with van der Waals surface area (Å²) >= 11 is 0. The molecule has 146 valence electrons. The van der Waals surface area contributed by atoms with Gasteiger partial charge in [-0.05, 0) is 67.8 Å². The SMILES string of the molecule is CCc1c(-c2ccc(OC)cc2)nn(C2CCCC2)c1-c1ccc(OC)cc1. The van der Waals surface area contributed by atoms with Gasteiger partial charge in [-0.2, -0.15) is 5.10 Å². The quantitative estimate of drug-likeness (QED) is 0.536. The lowest BCUT2D eigenvalue weighted by molar-refractivity contribution is 0.414. The monoisotopic (exact) mass is 376 g/mol. The molecule has 28 heavy (non-hydrogen) atoms. The Labute approximate surface area is 167 Å². The number of ether oxygens (including phenoxy) is 2. The van der Waals surface area contributed by atoms with E-state index in [9.17, 15) is 0 Å². The van der Waals surface area contributed by atoms with Gasteiger partial charge in [0.1, 0.15) is 11.5 Å². The van der Waals surface area contributed by atoms with Crippen molar-refractivity contribution in [1.82, 2.24) is 9.78 Å². The third-order valence-corrected chi connectivity index (χ3v) is 5.76. The van der Waals surface area contributed by atoms with Crippen LogP contribution in [0.25, 0.3) is 22.5 Å². The summed E-state index contributed by atoms with van der Waals surface area (Å²) in [6.45, 7) is 2.22. The zero-order valence-electron chi connectivity index (χ0n) is 16.9. The van der Waals surface area contributed by atoms with E-state index in [-0.39, 0.29) is 0 Å². The number of methoxy groups -OCH3 is 2. The van der Waals surface area contributed by atoms with E-state index in [2.05, 4.69) is 35.9 Å². The van der Waals surface area contributed by atoms with E-state index < -0.39 is 0 Å². The van der Waals surface area contributed by atoms with Crippen LogP contribution in [0.15, 0.2) is 48.5 Å². The predicted octanol–water partition coefficient (Wildman–Crippen LogP) is 5.91. The van der Waals surface area contributed by atoms with Crippen LogP contribution < -0.4 is 9.47 Å². The Hall–Kier alpha value is -2.75. The second-order valence-corrected chi connectivity index (χ2v) is 7.37. The largest absolute Gasteiger partial charge is 0.497 e. The van der Waals surface area contributed by atoms with Crippen molar-refractivity contribution in [3.05, 3.63) is 54.1 Å². The second-order valence-electron chi connectivity index (χ2n) is 7.37. The molecule has 0 spiro atoms. The highest BCUT2D eigenvalue weighted by atomic mass is 16.5. The Morgan fingerprint density at radius 1 is 0.857 bits per heavy atom. The molecule has 1 aliphatic rings. The minimum absolute atomic E-state index is 0.481. The maximum atomic E-state index is 5.35. The fourth-order valence-corrected chi connectivity index (χ4v) is 4.25. The van der Waals surface area contributed by atoms with Crippen LogP contribution >= 0.6 is 0 Å². The molecular weight excluding hydrogens is 348 g/mol.